The van der Waals surface area contributed by atoms with E-state index in [9.17, 15) is 9.59 Å². The maximum absolute atomic E-state index is 13.6. The van der Waals surface area contributed by atoms with E-state index in [0.717, 1.165) is 29.7 Å². The average molecular weight is 518 g/mol. The van der Waals surface area contributed by atoms with Gasteiger partial charge in [-0.2, -0.15) is 0 Å². The van der Waals surface area contributed by atoms with Gasteiger partial charge in [0.25, 0.3) is 5.91 Å². The number of carbonyl (C=O) groups excluding carboxylic acids is 2. The predicted octanol–water partition coefficient (Wildman–Crippen LogP) is 2.47. The van der Waals surface area contributed by atoms with Crippen molar-refractivity contribution in [1.82, 2.24) is 14.9 Å². The van der Waals surface area contributed by atoms with E-state index < -0.39 is 12.2 Å². The van der Waals surface area contributed by atoms with E-state index in [1.165, 1.54) is 4.90 Å². The van der Waals surface area contributed by atoms with Gasteiger partial charge in [-0.05, 0) is 30.7 Å². The zero-order valence-electron chi connectivity index (χ0n) is 20.9. The molecule has 38 heavy (non-hydrogen) atoms. The fourth-order valence-corrected chi connectivity index (χ4v) is 5.98. The molecule has 3 atom stereocenters. The van der Waals surface area contributed by atoms with Crippen molar-refractivity contribution in [2.24, 2.45) is 5.92 Å². The monoisotopic (exact) mass is 517 g/mol. The number of anilines is 2. The van der Waals surface area contributed by atoms with Crippen molar-refractivity contribution in [3.05, 3.63) is 42.6 Å². The molecule has 196 valence electrons. The largest absolute Gasteiger partial charge is 0.486 e. The van der Waals surface area contributed by atoms with Crippen molar-refractivity contribution in [2.75, 3.05) is 56.3 Å². The van der Waals surface area contributed by atoms with Crippen LogP contribution in [0.3, 0.4) is 0 Å². The van der Waals surface area contributed by atoms with Crippen LogP contribution in [0.1, 0.15) is 6.42 Å². The Morgan fingerprint density at radius 2 is 1.92 bits per heavy atom. The van der Waals surface area contributed by atoms with Gasteiger partial charge in [0.1, 0.15) is 18.7 Å². The van der Waals surface area contributed by atoms with Crippen LogP contribution < -0.4 is 24.0 Å². The molecule has 0 radical (unpaired) electrons. The standard InChI is InChI=1S/C27H27N5O6/c1-35-24-5-3-18-25(29-24)19(6-8-28-18)30-13-16-7-9-31(20(16)14-30)26(33)23-15-32(27(34)38-23)17-2-4-21-22(12-17)37-11-10-36-21/h2-6,8,12,16,20,23H,7,9-11,13-15H2,1H3/t16-,20+,23?/m1/s1. The van der Waals surface area contributed by atoms with E-state index in [2.05, 4.69) is 14.9 Å². The maximum Gasteiger partial charge on any atom is 0.415 e. The number of likely N-dealkylation sites (tertiary alicyclic amines) is 1. The molecule has 2 aromatic heterocycles. The average Bonchev–Trinajstić information content (AvgIpc) is 3.66. The zero-order valence-corrected chi connectivity index (χ0v) is 20.9. The molecular weight excluding hydrogens is 490 g/mol. The van der Waals surface area contributed by atoms with Crippen LogP contribution in [0.5, 0.6) is 17.4 Å². The van der Waals surface area contributed by atoms with E-state index >= 15 is 0 Å². The molecule has 1 aromatic carbocycles. The summed E-state index contributed by atoms with van der Waals surface area (Å²) < 4.78 is 22.1. The molecule has 3 saturated heterocycles. The SMILES string of the molecule is COc1ccc2nccc(N3C[C@H]4CCN(C(=O)C5CN(c6ccc7c(c6)OCCO7)C(=O)O5)[C@H]4C3)c2n1. The third-order valence-corrected chi connectivity index (χ3v) is 7.84. The molecule has 4 aliphatic heterocycles. The molecule has 11 nitrogen and oxygen atoms in total. The maximum atomic E-state index is 13.6. The first kappa shape index (κ1) is 22.9. The Hall–Kier alpha value is -4.28. The minimum absolute atomic E-state index is 0.0402. The second kappa shape index (κ2) is 8.93. The summed E-state index contributed by atoms with van der Waals surface area (Å²) in [5.41, 5.74) is 3.18. The number of cyclic esters (lactones) is 1. The first-order valence-electron chi connectivity index (χ1n) is 12.8. The van der Waals surface area contributed by atoms with Gasteiger partial charge in [0.15, 0.2) is 17.6 Å². The number of pyridine rings is 2. The molecule has 4 aliphatic rings. The molecule has 0 spiro atoms. The van der Waals surface area contributed by atoms with Crippen molar-refractivity contribution < 1.29 is 28.5 Å². The van der Waals surface area contributed by atoms with Crippen molar-refractivity contribution >= 4 is 34.4 Å². The summed E-state index contributed by atoms with van der Waals surface area (Å²) in [4.78, 5) is 41.1. The summed E-state index contributed by atoms with van der Waals surface area (Å²) in [5.74, 6) is 1.95. The van der Waals surface area contributed by atoms with Crippen molar-refractivity contribution in [1.29, 1.82) is 0 Å². The topological polar surface area (TPSA) is 107 Å². The van der Waals surface area contributed by atoms with E-state index in [1.807, 2.05) is 17.0 Å². The number of amides is 2. The Balaban J connectivity index is 1.08. The number of fused-ring (bicyclic) bond motifs is 3. The summed E-state index contributed by atoms with van der Waals surface area (Å²) in [6, 6.07) is 11.0. The Morgan fingerprint density at radius 3 is 2.79 bits per heavy atom. The van der Waals surface area contributed by atoms with Crippen LogP contribution in [-0.4, -0.2) is 85.5 Å². The van der Waals surface area contributed by atoms with Gasteiger partial charge in [0.05, 0.1) is 36.6 Å². The second-order valence-electron chi connectivity index (χ2n) is 9.92. The molecule has 0 N–H and O–H groups in total. The fraction of sp³-hybridized carbons (Fsp3) is 0.407. The van der Waals surface area contributed by atoms with Gasteiger partial charge < -0.3 is 28.7 Å². The Bertz CT molecular complexity index is 1430. The highest BCUT2D eigenvalue weighted by Gasteiger charge is 2.48. The number of aromatic nitrogens is 2. The third kappa shape index (κ3) is 3.72. The lowest BCUT2D eigenvalue weighted by Gasteiger charge is -2.27. The van der Waals surface area contributed by atoms with Crippen LogP contribution in [-0.2, 0) is 9.53 Å². The highest BCUT2D eigenvalue weighted by molar-refractivity contribution is 5.96. The molecule has 1 unspecified atom stereocenters. The Kier molecular flexibility index (Phi) is 5.38. The lowest BCUT2D eigenvalue weighted by Crippen LogP contribution is -2.46. The van der Waals surface area contributed by atoms with E-state index in [-0.39, 0.29) is 18.5 Å². The van der Waals surface area contributed by atoms with E-state index in [1.54, 1.807) is 37.6 Å². The molecule has 0 aliphatic carbocycles. The molecule has 3 aromatic rings. The van der Waals surface area contributed by atoms with Crippen LogP contribution in [0.4, 0.5) is 16.2 Å². The lowest BCUT2D eigenvalue weighted by molar-refractivity contribution is -0.139. The summed E-state index contributed by atoms with van der Waals surface area (Å²) in [5, 5.41) is 0. The Labute approximate surface area is 218 Å². The van der Waals surface area contributed by atoms with Crippen LogP contribution in [0.25, 0.3) is 11.0 Å². The van der Waals surface area contributed by atoms with Gasteiger partial charge in [0, 0.05) is 43.9 Å². The van der Waals surface area contributed by atoms with Crippen LogP contribution in [0.15, 0.2) is 42.6 Å². The summed E-state index contributed by atoms with van der Waals surface area (Å²) in [6.45, 7) is 3.26. The summed E-state index contributed by atoms with van der Waals surface area (Å²) in [6.07, 6.45) is 1.30. The molecule has 3 fully saturated rings. The quantitative estimate of drug-likeness (QED) is 0.516. The highest BCUT2D eigenvalue weighted by Crippen LogP contribution is 2.38. The normalized spacial score (nSPS) is 24.1. The van der Waals surface area contributed by atoms with Crippen LogP contribution in [0.2, 0.25) is 0 Å². The minimum Gasteiger partial charge on any atom is -0.486 e. The van der Waals surface area contributed by atoms with Gasteiger partial charge >= 0.3 is 6.09 Å². The van der Waals surface area contributed by atoms with Gasteiger partial charge in [0.2, 0.25) is 5.88 Å². The predicted molar refractivity (Wildman–Crippen MR) is 137 cm³/mol. The number of nitrogens with zero attached hydrogens (tertiary/aromatic N) is 5. The van der Waals surface area contributed by atoms with Crippen molar-refractivity contribution in [2.45, 2.75) is 18.6 Å². The van der Waals surface area contributed by atoms with E-state index in [4.69, 9.17) is 18.9 Å². The highest BCUT2D eigenvalue weighted by atomic mass is 16.6. The smallest absolute Gasteiger partial charge is 0.415 e. The first-order valence-corrected chi connectivity index (χ1v) is 12.8. The van der Waals surface area contributed by atoms with E-state index in [0.29, 0.717) is 55.3 Å². The number of rotatable bonds is 4. The molecule has 2 amide bonds. The lowest BCUT2D eigenvalue weighted by atomic mass is 10.0. The van der Waals surface area contributed by atoms with Crippen LogP contribution in [0, 0.1) is 5.92 Å². The van der Waals surface area contributed by atoms with Gasteiger partial charge in [-0.25, -0.2) is 9.78 Å². The zero-order chi connectivity index (χ0) is 25.8. The molecule has 6 heterocycles. The fourth-order valence-electron chi connectivity index (χ4n) is 5.98. The molecule has 11 heteroatoms. The first-order chi connectivity index (χ1) is 18.6. The molecular formula is C27H27N5O6. The van der Waals surface area contributed by atoms with Gasteiger partial charge in [-0.3, -0.25) is 14.7 Å². The molecule has 0 bridgehead atoms. The van der Waals surface area contributed by atoms with Crippen LogP contribution >= 0.6 is 0 Å². The summed E-state index contributed by atoms with van der Waals surface area (Å²) in [7, 11) is 1.60. The number of carbonyl (C=O) groups is 2. The number of methoxy groups -OCH3 is 1. The molecule has 0 saturated carbocycles. The number of hydrogen-bond acceptors (Lipinski definition) is 9. The molecule has 7 rings (SSSR count). The minimum atomic E-state index is -0.851. The number of ether oxygens (including phenoxy) is 4. The third-order valence-electron chi connectivity index (χ3n) is 7.84. The van der Waals surface area contributed by atoms with Crippen molar-refractivity contribution in [3.8, 4) is 17.4 Å². The second-order valence-corrected chi connectivity index (χ2v) is 9.92. The summed E-state index contributed by atoms with van der Waals surface area (Å²) >= 11 is 0. The number of hydrogen-bond donors (Lipinski definition) is 0. The van der Waals surface area contributed by atoms with Crippen molar-refractivity contribution in [3.63, 3.8) is 0 Å². The van der Waals surface area contributed by atoms with Gasteiger partial charge in [-0.1, -0.05) is 0 Å². The van der Waals surface area contributed by atoms with Gasteiger partial charge in [-0.15, -0.1) is 0 Å². The number of benzene rings is 1. The Morgan fingerprint density at radius 1 is 1.05 bits per heavy atom.